The van der Waals surface area contributed by atoms with Gasteiger partial charge in [0.15, 0.2) is 0 Å². The van der Waals surface area contributed by atoms with Crippen LogP contribution in [0.4, 0.5) is 0 Å². The third kappa shape index (κ3) is 3.48. The van der Waals surface area contributed by atoms with Gasteiger partial charge in [0.1, 0.15) is 0 Å². The van der Waals surface area contributed by atoms with Gasteiger partial charge in [0.05, 0.1) is 11.2 Å². The fraction of sp³-hybridized carbons (Fsp3) is 0.667. The van der Waals surface area contributed by atoms with Crippen molar-refractivity contribution in [1.82, 2.24) is 0 Å². The van der Waals surface area contributed by atoms with Gasteiger partial charge in [0.25, 0.3) is 0 Å². The summed E-state index contributed by atoms with van der Waals surface area (Å²) in [7, 11) is -1.18. The van der Waals surface area contributed by atoms with Crippen LogP contribution in [0.25, 0.3) is 0 Å². The molecule has 0 radical (unpaired) electrons. The summed E-state index contributed by atoms with van der Waals surface area (Å²) in [5.41, 5.74) is -0.649. The van der Waals surface area contributed by atoms with Crippen molar-refractivity contribution in [2.24, 2.45) is 11.3 Å². The van der Waals surface area contributed by atoms with Gasteiger partial charge in [0.2, 0.25) is 0 Å². The molecular formula is C18H29BO4. The summed E-state index contributed by atoms with van der Waals surface area (Å²) < 4.78 is 0. The Balaban J connectivity index is 0.000000168. The first-order valence-electron chi connectivity index (χ1n) is 8.45. The van der Waals surface area contributed by atoms with Crippen LogP contribution in [0, 0.1) is 11.3 Å². The van der Waals surface area contributed by atoms with Gasteiger partial charge in [-0.2, -0.15) is 0 Å². The number of aryl methyl sites for hydroxylation is 1. The lowest BCUT2D eigenvalue weighted by molar-refractivity contribution is -0.312. The molecule has 0 spiro atoms. The first-order chi connectivity index (χ1) is 10.6. The van der Waals surface area contributed by atoms with Crippen LogP contribution < -0.4 is 0 Å². The Labute approximate surface area is 139 Å². The van der Waals surface area contributed by atoms with E-state index in [1.165, 1.54) is 0 Å². The molecule has 3 aliphatic rings. The monoisotopic (exact) mass is 320 g/mol. The summed E-state index contributed by atoms with van der Waals surface area (Å²) in [6, 6.07) is 9.78. The largest absolute Gasteiger partial charge is 0.451 e. The Morgan fingerprint density at radius 1 is 1.09 bits per heavy atom. The van der Waals surface area contributed by atoms with E-state index in [1.807, 2.05) is 30.3 Å². The van der Waals surface area contributed by atoms with Crippen molar-refractivity contribution in [2.75, 3.05) is 0 Å². The van der Waals surface area contributed by atoms with Gasteiger partial charge in [-0.1, -0.05) is 44.2 Å². The molecule has 4 N–H and O–H groups in total. The van der Waals surface area contributed by atoms with Crippen molar-refractivity contribution in [3.8, 4) is 0 Å². The van der Waals surface area contributed by atoms with Crippen LogP contribution in [-0.4, -0.2) is 38.6 Å². The summed E-state index contributed by atoms with van der Waals surface area (Å²) in [5, 5.41) is 37.4. The number of fused-ring (bicyclic) bond motifs is 2. The van der Waals surface area contributed by atoms with Gasteiger partial charge in [-0.25, -0.2) is 0 Å². The molecule has 2 bridgehead atoms. The molecule has 3 saturated carbocycles. The normalized spacial score (nSPS) is 34.0. The van der Waals surface area contributed by atoms with E-state index < -0.39 is 18.3 Å². The Bertz CT molecular complexity index is 505. The molecule has 0 amide bonds. The summed E-state index contributed by atoms with van der Waals surface area (Å²) in [6.45, 7) is 5.90. The lowest BCUT2D eigenvalue weighted by atomic mass is 9.41. The first kappa shape index (κ1) is 18.5. The summed E-state index contributed by atoms with van der Waals surface area (Å²) in [4.78, 5) is 0. The molecule has 5 heteroatoms. The maximum absolute atomic E-state index is 10.2. The molecule has 3 atom stereocenters. The fourth-order valence-electron chi connectivity index (χ4n) is 4.06. The van der Waals surface area contributed by atoms with Gasteiger partial charge in [-0.05, 0) is 55.8 Å². The molecule has 4 nitrogen and oxygen atoms in total. The minimum absolute atomic E-state index is 0.0885. The third-order valence-electron chi connectivity index (χ3n) is 6.03. The minimum atomic E-state index is -1.18. The highest BCUT2D eigenvalue weighted by atomic mass is 16.4. The Morgan fingerprint density at radius 3 is 2.13 bits per heavy atom. The molecule has 23 heavy (non-hydrogen) atoms. The summed E-state index contributed by atoms with van der Waals surface area (Å²) >= 11 is 0. The number of aliphatic hydroxyl groups is 2. The second-order valence-electron chi connectivity index (χ2n) is 7.80. The first-order valence-corrected chi connectivity index (χ1v) is 8.45. The van der Waals surface area contributed by atoms with Crippen LogP contribution in [0.3, 0.4) is 0 Å². The zero-order chi connectivity index (χ0) is 17.3. The van der Waals surface area contributed by atoms with Gasteiger partial charge in [-0.3, -0.25) is 0 Å². The Morgan fingerprint density at radius 2 is 1.70 bits per heavy atom. The molecule has 0 saturated heterocycles. The number of benzene rings is 1. The van der Waals surface area contributed by atoms with Crippen molar-refractivity contribution >= 4 is 7.12 Å². The van der Waals surface area contributed by atoms with Gasteiger partial charge >= 0.3 is 7.12 Å². The van der Waals surface area contributed by atoms with Gasteiger partial charge < -0.3 is 20.3 Å². The zero-order valence-electron chi connectivity index (χ0n) is 14.4. The van der Waals surface area contributed by atoms with Crippen LogP contribution >= 0.6 is 0 Å². The predicted octanol–water partition coefficient (Wildman–Crippen LogP) is 2.01. The maximum Gasteiger partial charge on any atom is 0.451 e. The summed E-state index contributed by atoms with van der Waals surface area (Å²) in [6.07, 6.45) is 3.72. The lowest BCUT2D eigenvalue weighted by Gasteiger charge is -2.68. The van der Waals surface area contributed by atoms with E-state index in [2.05, 4.69) is 13.8 Å². The molecule has 0 aliphatic heterocycles. The second-order valence-corrected chi connectivity index (χ2v) is 7.80. The smallest absolute Gasteiger partial charge is 0.427 e. The fourth-order valence-corrected chi connectivity index (χ4v) is 4.06. The predicted molar refractivity (Wildman–Crippen MR) is 91.8 cm³/mol. The van der Waals surface area contributed by atoms with E-state index >= 15 is 0 Å². The average molecular weight is 320 g/mol. The second kappa shape index (κ2) is 6.56. The number of hydrogen-bond donors (Lipinski definition) is 4. The van der Waals surface area contributed by atoms with Crippen molar-refractivity contribution in [3.63, 3.8) is 0 Å². The highest BCUT2D eigenvalue weighted by Gasteiger charge is 2.69. The minimum Gasteiger partial charge on any atom is -0.427 e. The molecule has 128 valence electrons. The van der Waals surface area contributed by atoms with Crippen LogP contribution in [-0.2, 0) is 6.42 Å². The SMILES string of the molecule is CC1(O)CCC2CC1(O)C2(C)C.OB(O)CCc1ccccc1. The summed E-state index contributed by atoms with van der Waals surface area (Å²) in [5.74, 6) is 0.614. The molecule has 3 unspecified atom stereocenters. The van der Waals surface area contributed by atoms with Crippen molar-refractivity contribution in [3.05, 3.63) is 35.9 Å². The van der Waals surface area contributed by atoms with Crippen LogP contribution in [0.1, 0.15) is 45.6 Å². The molecule has 0 heterocycles. The number of hydrogen-bond acceptors (Lipinski definition) is 4. The van der Waals surface area contributed by atoms with Crippen LogP contribution in [0.15, 0.2) is 30.3 Å². The van der Waals surface area contributed by atoms with Gasteiger partial charge in [-0.15, -0.1) is 0 Å². The number of rotatable bonds is 3. The third-order valence-corrected chi connectivity index (χ3v) is 6.03. The highest BCUT2D eigenvalue weighted by Crippen LogP contribution is 2.65. The van der Waals surface area contributed by atoms with E-state index in [-0.39, 0.29) is 5.41 Å². The topological polar surface area (TPSA) is 80.9 Å². The molecule has 3 aliphatic carbocycles. The molecular weight excluding hydrogens is 291 g/mol. The van der Waals surface area contributed by atoms with E-state index in [1.54, 1.807) is 6.92 Å². The van der Waals surface area contributed by atoms with E-state index in [4.69, 9.17) is 10.0 Å². The van der Waals surface area contributed by atoms with Crippen molar-refractivity contribution < 1.29 is 20.3 Å². The Kier molecular flexibility index (Phi) is 5.26. The molecule has 4 rings (SSSR count). The zero-order valence-corrected chi connectivity index (χ0v) is 14.4. The van der Waals surface area contributed by atoms with Crippen molar-refractivity contribution in [1.29, 1.82) is 0 Å². The van der Waals surface area contributed by atoms with Crippen LogP contribution in [0.2, 0.25) is 6.32 Å². The van der Waals surface area contributed by atoms with Gasteiger partial charge in [0, 0.05) is 0 Å². The average Bonchev–Trinajstić information content (AvgIpc) is 2.49. The molecule has 0 aromatic heterocycles. The highest BCUT2D eigenvalue weighted by molar-refractivity contribution is 6.40. The molecule has 1 aromatic carbocycles. The lowest BCUT2D eigenvalue weighted by Crippen LogP contribution is -2.74. The van der Waals surface area contributed by atoms with E-state index in [0.29, 0.717) is 12.2 Å². The molecule has 3 fully saturated rings. The van der Waals surface area contributed by atoms with E-state index in [0.717, 1.165) is 31.2 Å². The Hall–Kier alpha value is -0.875. The van der Waals surface area contributed by atoms with Crippen molar-refractivity contribution in [2.45, 2.75) is 64.0 Å². The van der Waals surface area contributed by atoms with E-state index in [9.17, 15) is 10.2 Å². The molecule has 1 aromatic rings. The standard InChI is InChI=1S/C10H18O2.C8H11BO2/c1-8(2)7-4-5-9(3,11)10(8,12)6-7;10-9(11)7-6-8-4-2-1-3-5-8/h7,11-12H,4-6H2,1-3H3;1-5,10-11H,6-7H2. The quantitative estimate of drug-likeness (QED) is 0.642. The maximum atomic E-state index is 10.2. The van der Waals surface area contributed by atoms with Crippen LogP contribution in [0.5, 0.6) is 0 Å².